The number of carbonyl (C=O) groups excluding carboxylic acids is 2. The van der Waals surface area contributed by atoms with E-state index >= 15 is 0 Å². The summed E-state index contributed by atoms with van der Waals surface area (Å²) in [6.07, 6.45) is 1.91. The van der Waals surface area contributed by atoms with Crippen LogP contribution < -0.4 is 10.1 Å². The second-order valence-corrected chi connectivity index (χ2v) is 10.7. The number of nitrogens with one attached hydrogen (secondary N) is 1. The number of ether oxygens (including phenoxy) is 1. The van der Waals surface area contributed by atoms with E-state index in [-0.39, 0.29) is 24.3 Å². The average molecular weight is 539 g/mol. The van der Waals surface area contributed by atoms with Gasteiger partial charge in [0, 0.05) is 29.6 Å². The van der Waals surface area contributed by atoms with Crippen molar-refractivity contribution in [3.63, 3.8) is 0 Å². The Morgan fingerprint density at radius 3 is 2.23 bits per heavy atom. The molecule has 0 saturated carbocycles. The van der Waals surface area contributed by atoms with E-state index in [0.717, 1.165) is 22.6 Å². The van der Waals surface area contributed by atoms with E-state index in [1.165, 1.54) is 5.56 Å². The summed E-state index contributed by atoms with van der Waals surface area (Å²) < 4.78 is 7.17. The molecule has 0 aliphatic rings. The summed E-state index contributed by atoms with van der Waals surface area (Å²) >= 11 is 0. The molecule has 0 spiro atoms. The van der Waals surface area contributed by atoms with Gasteiger partial charge in [-0.05, 0) is 72.4 Å². The molecule has 2 amide bonds. The van der Waals surface area contributed by atoms with Crippen molar-refractivity contribution in [2.45, 2.75) is 40.5 Å². The number of hydrogen-bond donors (Lipinski definition) is 1. The highest BCUT2D eigenvalue weighted by Gasteiger charge is 2.22. The molecule has 0 radical (unpaired) electrons. The minimum atomic E-state index is -0.311. The summed E-state index contributed by atoms with van der Waals surface area (Å²) in [5, 5.41) is 2.98. The molecular weight excluding hydrogens is 500 g/mol. The van der Waals surface area contributed by atoms with Gasteiger partial charge < -0.3 is 9.64 Å². The zero-order valence-electron chi connectivity index (χ0n) is 24.1. The first kappa shape index (κ1) is 28.6. The maximum Gasteiger partial charge on any atom is 0.254 e. The fourth-order valence-corrected chi connectivity index (χ4v) is 4.57. The molecule has 4 rings (SSSR count). The van der Waals surface area contributed by atoms with E-state index in [1.54, 1.807) is 18.1 Å². The van der Waals surface area contributed by atoms with Crippen LogP contribution in [0.3, 0.4) is 0 Å². The zero-order chi connectivity index (χ0) is 28.8. The van der Waals surface area contributed by atoms with E-state index < -0.39 is 0 Å². The van der Waals surface area contributed by atoms with Crippen molar-refractivity contribution in [3.8, 4) is 22.7 Å². The first-order chi connectivity index (χ1) is 19.2. The van der Waals surface area contributed by atoms with Gasteiger partial charge in [-0.2, -0.15) is 0 Å². The summed E-state index contributed by atoms with van der Waals surface area (Å²) in [7, 11) is 1.63. The molecule has 1 N–H and O–H groups in total. The topological polar surface area (TPSA) is 76.5 Å². The molecule has 1 heterocycles. The van der Waals surface area contributed by atoms with Crippen molar-refractivity contribution in [1.82, 2.24) is 14.5 Å². The van der Waals surface area contributed by atoms with Crippen LogP contribution in [0.4, 0.5) is 5.95 Å². The number of aromatic nitrogens is 2. The van der Waals surface area contributed by atoms with Crippen LogP contribution in [-0.2, 0) is 4.79 Å². The number of methoxy groups -OCH3 is 1. The van der Waals surface area contributed by atoms with Crippen LogP contribution in [0.1, 0.15) is 55.1 Å². The maximum atomic E-state index is 13.4. The first-order valence-electron chi connectivity index (χ1n) is 13.6. The number of carbonyl (C=O) groups is 2. The Balaban J connectivity index is 1.64. The third-order valence-corrected chi connectivity index (χ3v) is 6.76. The summed E-state index contributed by atoms with van der Waals surface area (Å²) in [4.78, 5) is 33.2. The molecule has 0 bridgehead atoms. The van der Waals surface area contributed by atoms with E-state index in [0.29, 0.717) is 29.7 Å². The summed E-state index contributed by atoms with van der Waals surface area (Å²) in [5.41, 5.74) is 5.19. The van der Waals surface area contributed by atoms with Gasteiger partial charge in [-0.15, -0.1) is 0 Å². The first-order valence-corrected chi connectivity index (χ1v) is 13.6. The quantitative estimate of drug-likeness (QED) is 0.243. The van der Waals surface area contributed by atoms with Gasteiger partial charge in [0.25, 0.3) is 5.91 Å². The molecule has 3 aromatic carbocycles. The van der Waals surface area contributed by atoms with E-state index in [9.17, 15) is 9.59 Å². The number of benzene rings is 3. The lowest BCUT2D eigenvalue weighted by molar-refractivity contribution is -0.117. The fourth-order valence-electron chi connectivity index (χ4n) is 4.57. The van der Waals surface area contributed by atoms with Crippen molar-refractivity contribution in [3.05, 3.63) is 95.7 Å². The van der Waals surface area contributed by atoms with Gasteiger partial charge in [0.2, 0.25) is 11.9 Å². The predicted octanol–water partition coefficient (Wildman–Crippen LogP) is 6.72. The summed E-state index contributed by atoms with van der Waals surface area (Å²) in [6, 6.07) is 23.3. The van der Waals surface area contributed by atoms with Crippen molar-refractivity contribution in [2.24, 2.45) is 5.92 Å². The second kappa shape index (κ2) is 12.6. The van der Waals surface area contributed by atoms with Crippen LogP contribution in [-0.4, -0.2) is 46.5 Å². The largest absolute Gasteiger partial charge is 0.497 e. The normalized spacial score (nSPS) is 11.1. The van der Waals surface area contributed by atoms with Crippen LogP contribution in [0, 0.1) is 12.8 Å². The van der Waals surface area contributed by atoms with Crippen LogP contribution in [0.15, 0.2) is 79.0 Å². The molecule has 0 atom stereocenters. The third-order valence-electron chi connectivity index (χ3n) is 6.76. The van der Waals surface area contributed by atoms with Crippen LogP contribution in [0.5, 0.6) is 5.75 Å². The van der Waals surface area contributed by atoms with Gasteiger partial charge in [0.15, 0.2) is 0 Å². The van der Waals surface area contributed by atoms with Gasteiger partial charge in [-0.25, -0.2) is 4.98 Å². The molecule has 4 aromatic rings. The van der Waals surface area contributed by atoms with Crippen LogP contribution >= 0.6 is 0 Å². The van der Waals surface area contributed by atoms with Crippen LogP contribution in [0.25, 0.3) is 16.9 Å². The van der Waals surface area contributed by atoms with Gasteiger partial charge in [-0.1, -0.05) is 58.0 Å². The Morgan fingerprint density at radius 1 is 0.950 bits per heavy atom. The predicted molar refractivity (Wildman–Crippen MR) is 160 cm³/mol. The number of hydrogen-bond acceptors (Lipinski definition) is 4. The fraction of sp³-hybridized carbons (Fsp3) is 0.303. The smallest absolute Gasteiger partial charge is 0.254 e. The Hall–Kier alpha value is -4.39. The third kappa shape index (κ3) is 6.78. The Labute approximate surface area is 236 Å². The standard InChI is InChI=1S/C33H38N4O3/c1-22(2)19-36(32(39)29-10-8-7-9-24(29)5)21-31(38)35-33-34-30(26-13-17-28(40-6)18-14-26)20-37(33)27-15-11-25(12-16-27)23(3)4/h7-18,20,22-23H,19,21H2,1-6H3,(H,34,35,38). The lowest BCUT2D eigenvalue weighted by Crippen LogP contribution is -2.40. The molecule has 0 aliphatic heterocycles. The molecule has 0 saturated heterocycles. The summed E-state index contributed by atoms with van der Waals surface area (Å²) in [6.45, 7) is 10.7. The molecule has 0 unspecified atom stereocenters. The molecule has 40 heavy (non-hydrogen) atoms. The van der Waals surface area contributed by atoms with Crippen molar-refractivity contribution in [1.29, 1.82) is 0 Å². The lowest BCUT2D eigenvalue weighted by Gasteiger charge is -2.25. The highest BCUT2D eigenvalue weighted by atomic mass is 16.5. The number of anilines is 1. The minimum absolute atomic E-state index is 0.0810. The molecular formula is C33H38N4O3. The second-order valence-electron chi connectivity index (χ2n) is 10.7. The van der Waals surface area contributed by atoms with Crippen LogP contribution in [0.2, 0.25) is 0 Å². The Kier molecular flexibility index (Phi) is 9.04. The zero-order valence-corrected chi connectivity index (χ0v) is 24.1. The molecule has 7 heteroatoms. The molecule has 0 aliphatic carbocycles. The summed E-state index contributed by atoms with van der Waals surface area (Å²) in [5.74, 6) is 1.28. The van der Waals surface area contributed by atoms with Gasteiger partial charge >= 0.3 is 0 Å². The van der Waals surface area contributed by atoms with Crippen molar-refractivity contribution >= 4 is 17.8 Å². The number of imidazole rings is 1. The molecule has 1 aromatic heterocycles. The molecule has 0 fully saturated rings. The average Bonchev–Trinajstić information content (AvgIpc) is 3.35. The van der Waals surface area contributed by atoms with Gasteiger partial charge in [-0.3, -0.25) is 19.5 Å². The van der Waals surface area contributed by atoms with E-state index in [4.69, 9.17) is 9.72 Å². The lowest BCUT2D eigenvalue weighted by atomic mass is 10.0. The highest BCUT2D eigenvalue weighted by Crippen LogP contribution is 2.27. The number of aryl methyl sites for hydroxylation is 1. The van der Waals surface area contributed by atoms with E-state index in [1.807, 2.05) is 86.1 Å². The van der Waals surface area contributed by atoms with Crippen molar-refractivity contribution in [2.75, 3.05) is 25.5 Å². The van der Waals surface area contributed by atoms with Gasteiger partial charge in [0.1, 0.15) is 12.3 Å². The van der Waals surface area contributed by atoms with Gasteiger partial charge in [0.05, 0.1) is 12.8 Å². The number of amides is 2. The molecule has 7 nitrogen and oxygen atoms in total. The Morgan fingerprint density at radius 2 is 1.62 bits per heavy atom. The monoisotopic (exact) mass is 538 g/mol. The maximum absolute atomic E-state index is 13.4. The molecule has 208 valence electrons. The van der Waals surface area contributed by atoms with E-state index in [2.05, 4.69) is 31.3 Å². The minimum Gasteiger partial charge on any atom is -0.497 e. The highest BCUT2D eigenvalue weighted by molar-refractivity contribution is 6.00. The SMILES string of the molecule is COc1ccc(-c2cn(-c3ccc(C(C)C)cc3)c(NC(=O)CN(CC(C)C)C(=O)c3ccccc3C)n2)cc1. The van der Waals surface area contributed by atoms with Crippen molar-refractivity contribution < 1.29 is 14.3 Å². The number of rotatable bonds is 10. The number of nitrogens with zero attached hydrogens (tertiary/aromatic N) is 3. The Bertz CT molecular complexity index is 1450.